The minimum atomic E-state index is -1.27. The van der Waals surface area contributed by atoms with Crippen LogP contribution in [0.25, 0.3) is 0 Å². The third kappa shape index (κ3) is 10.5. The second-order valence-electron chi connectivity index (χ2n) is 11.0. The number of amides is 3. The van der Waals surface area contributed by atoms with Crippen LogP contribution in [0.15, 0.2) is 97.1 Å². The van der Waals surface area contributed by atoms with Gasteiger partial charge < -0.3 is 37.0 Å². The van der Waals surface area contributed by atoms with E-state index in [1.165, 1.54) is 60.7 Å². The van der Waals surface area contributed by atoms with Gasteiger partial charge >= 0.3 is 5.97 Å². The number of halogens is 2. The second-order valence-corrected chi connectivity index (χ2v) is 11.0. The molecule has 0 aliphatic heterocycles. The average Bonchev–Trinajstić information content (AvgIpc) is 3.97. The number of phenols is 2. The Morgan fingerprint density at radius 1 is 0.531 bits per heavy atom. The van der Waals surface area contributed by atoms with Gasteiger partial charge in [0, 0.05) is 22.7 Å². The zero-order valence-corrected chi connectivity index (χ0v) is 24.9. The van der Waals surface area contributed by atoms with Gasteiger partial charge in [0.2, 0.25) is 17.7 Å². The summed E-state index contributed by atoms with van der Waals surface area (Å²) in [5.41, 5.74) is 4.98. The molecule has 2 aliphatic carbocycles. The lowest BCUT2D eigenvalue weighted by atomic mass is 10.0. The summed E-state index contributed by atoms with van der Waals surface area (Å²) in [7, 11) is 0. The zero-order chi connectivity index (χ0) is 34.2. The number of nitrogen functional groups attached to an aromatic ring is 1. The van der Waals surface area contributed by atoms with Gasteiger partial charge in [0.1, 0.15) is 34.0 Å². The third-order valence-corrected chi connectivity index (χ3v) is 7.44. The van der Waals surface area contributed by atoms with Gasteiger partial charge in [0.15, 0.2) is 0 Å². The standard InChI is InChI=1S/C17H15FN2O3.C11H10FNO3.C6H7NO.2CH4/c18-11-1-3-12(4-2-11)19-15(22)17(9-10-17)16(23)20-13-5-7-14(21)8-6-13;12-7-1-3-8(4-2-7)13-9(14)11(5-6-11)10(15)16;7-5-1-3-6(8)4-2-5;;/h1-8,21H,9-10H2,(H,19,22)(H,20,23);1-4H,5-6H2,(H,13,14)(H,15,16);1-4,8H,7H2;2*1H4. The Labute approximate surface area is 282 Å². The van der Waals surface area contributed by atoms with Crippen LogP contribution < -0.4 is 21.7 Å². The maximum absolute atomic E-state index is 12.9. The normalized spacial score (nSPS) is 13.8. The summed E-state index contributed by atoms with van der Waals surface area (Å²) in [6, 6.07) is 23.0. The fourth-order valence-corrected chi connectivity index (χ4v) is 4.18. The molecular formula is C36H40F2N4O7. The first kappa shape index (κ1) is 39.2. The van der Waals surface area contributed by atoms with Crippen LogP contribution in [0.5, 0.6) is 11.5 Å². The lowest BCUT2D eigenvalue weighted by Crippen LogP contribution is -2.35. The number of aromatic hydroxyl groups is 2. The smallest absolute Gasteiger partial charge is 0.319 e. The fourth-order valence-electron chi connectivity index (χ4n) is 4.18. The molecule has 6 rings (SSSR count). The van der Waals surface area contributed by atoms with Crippen LogP contribution in [0.3, 0.4) is 0 Å². The minimum Gasteiger partial charge on any atom is -0.508 e. The van der Waals surface area contributed by atoms with Crippen LogP contribution in [-0.2, 0) is 19.2 Å². The zero-order valence-electron chi connectivity index (χ0n) is 24.9. The SMILES string of the molecule is C.C.Nc1ccc(O)cc1.O=C(Nc1ccc(O)cc1)C1(C(=O)Nc2ccc(F)cc2)CC1.O=C(O)C1(C(=O)Nc2ccc(F)cc2)CC1. The van der Waals surface area contributed by atoms with Crippen molar-refractivity contribution in [3.05, 3.63) is 109 Å². The molecule has 4 aromatic rings. The molecule has 0 aromatic heterocycles. The molecule has 4 aromatic carbocycles. The van der Waals surface area contributed by atoms with Gasteiger partial charge in [-0.25, -0.2) is 8.78 Å². The van der Waals surface area contributed by atoms with Crippen molar-refractivity contribution in [2.24, 2.45) is 10.8 Å². The monoisotopic (exact) mass is 678 g/mol. The van der Waals surface area contributed by atoms with Crippen molar-refractivity contribution in [2.75, 3.05) is 21.7 Å². The van der Waals surface area contributed by atoms with E-state index in [0.717, 1.165) is 0 Å². The predicted octanol–water partition coefficient (Wildman–Crippen LogP) is 6.76. The molecular weight excluding hydrogens is 638 g/mol. The largest absolute Gasteiger partial charge is 0.508 e. The number of carbonyl (C=O) groups excluding carboxylic acids is 3. The molecule has 0 atom stereocenters. The molecule has 2 saturated carbocycles. The van der Waals surface area contributed by atoms with Crippen molar-refractivity contribution >= 4 is 46.4 Å². The maximum Gasteiger partial charge on any atom is 0.319 e. The Balaban J connectivity index is 0.000000279. The van der Waals surface area contributed by atoms with Gasteiger partial charge in [-0.15, -0.1) is 0 Å². The summed E-state index contributed by atoms with van der Waals surface area (Å²) in [6.45, 7) is 0. The number of hydrogen-bond donors (Lipinski definition) is 7. The third-order valence-electron chi connectivity index (χ3n) is 7.44. The summed E-state index contributed by atoms with van der Waals surface area (Å²) < 4.78 is 25.5. The summed E-state index contributed by atoms with van der Waals surface area (Å²) >= 11 is 0. The van der Waals surface area contributed by atoms with Crippen LogP contribution in [0.2, 0.25) is 0 Å². The number of anilines is 4. The minimum absolute atomic E-state index is 0. The molecule has 49 heavy (non-hydrogen) atoms. The van der Waals surface area contributed by atoms with Gasteiger partial charge in [-0.1, -0.05) is 14.9 Å². The van der Waals surface area contributed by atoms with Gasteiger partial charge in [-0.05, 0) is 123 Å². The lowest BCUT2D eigenvalue weighted by molar-refractivity contribution is -0.147. The number of nitrogens with one attached hydrogen (secondary N) is 3. The number of phenolic OH excluding ortho intramolecular Hbond substituents is 2. The Kier molecular flexibility index (Phi) is 13.4. The van der Waals surface area contributed by atoms with Gasteiger partial charge in [0.05, 0.1) is 0 Å². The quantitative estimate of drug-likeness (QED) is 0.0633. The van der Waals surface area contributed by atoms with E-state index < -0.39 is 40.2 Å². The topological polar surface area (TPSA) is 191 Å². The molecule has 0 bridgehead atoms. The van der Waals surface area contributed by atoms with E-state index in [2.05, 4.69) is 16.0 Å². The molecule has 0 heterocycles. The molecule has 8 N–H and O–H groups in total. The summed E-state index contributed by atoms with van der Waals surface area (Å²) in [6.07, 6.45) is 1.64. The molecule has 0 saturated heterocycles. The number of rotatable bonds is 7. The van der Waals surface area contributed by atoms with Crippen molar-refractivity contribution in [3.63, 3.8) is 0 Å². The summed E-state index contributed by atoms with van der Waals surface area (Å²) in [5.74, 6) is -2.88. The molecule has 0 unspecified atom stereocenters. The van der Waals surface area contributed by atoms with Crippen molar-refractivity contribution in [1.82, 2.24) is 0 Å². The molecule has 260 valence electrons. The molecule has 11 nitrogen and oxygen atoms in total. The molecule has 2 fully saturated rings. The first-order chi connectivity index (χ1) is 22.3. The van der Waals surface area contributed by atoms with Crippen molar-refractivity contribution in [1.29, 1.82) is 0 Å². The number of nitrogens with two attached hydrogens (primary N) is 1. The van der Waals surface area contributed by atoms with Gasteiger partial charge in [0.25, 0.3) is 0 Å². The van der Waals surface area contributed by atoms with Crippen LogP contribution >= 0.6 is 0 Å². The maximum atomic E-state index is 12.9. The molecule has 3 amide bonds. The number of carboxylic acid groups (broad SMARTS) is 1. The number of benzene rings is 4. The van der Waals surface area contributed by atoms with Crippen LogP contribution in [-0.4, -0.2) is 39.0 Å². The van der Waals surface area contributed by atoms with E-state index in [9.17, 15) is 33.1 Å². The van der Waals surface area contributed by atoms with Gasteiger partial charge in [-0.3, -0.25) is 19.2 Å². The van der Waals surface area contributed by atoms with E-state index in [1.54, 1.807) is 36.4 Å². The second kappa shape index (κ2) is 16.7. The average molecular weight is 679 g/mol. The molecule has 0 spiro atoms. The van der Waals surface area contributed by atoms with E-state index in [0.29, 0.717) is 48.4 Å². The Morgan fingerprint density at radius 3 is 1.10 bits per heavy atom. The summed E-state index contributed by atoms with van der Waals surface area (Å²) in [4.78, 5) is 47.2. The highest BCUT2D eigenvalue weighted by Crippen LogP contribution is 2.48. The first-order valence-corrected chi connectivity index (χ1v) is 14.4. The molecule has 13 heteroatoms. The number of hydrogen-bond acceptors (Lipinski definition) is 7. The van der Waals surface area contributed by atoms with E-state index >= 15 is 0 Å². The highest BCUT2D eigenvalue weighted by atomic mass is 19.1. The summed E-state index contributed by atoms with van der Waals surface area (Å²) in [5, 5.41) is 34.6. The van der Waals surface area contributed by atoms with Crippen LogP contribution in [0.4, 0.5) is 31.5 Å². The highest BCUT2D eigenvalue weighted by Gasteiger charge is 2.57. The van der Waals surface area contributed by atoms with Crippen LogP contribution in [0, 0.1) is 22.5 Å². The Morgan fingerprint density at radius 2 is 0.816 bits per heavy atom. The number of aliphatic carboxylic acids is 1. The van der Waals surface area contributed by atoms with Crippen LogP contribution in [0.1, 0.15) is 40.5 Å². The highest BCUT2D eigenvalue weighted by molar-refractivity contribution is 6.17. The first-order valence-electron chi connectivity index (χ1n) is 14.4. The number of carbonyl (C=O) groups is 4. The Hall–Kier alpha value is -5.98. The van der Waals surface area contributed by atoms with Gasteiger partial charge in [-0.2, -0.15) is 0 Å². The lowest BCUT2D eigenvalue weighted by Gasteiger charge is -2.15. The number of carboxylic acids is 1. The predicted molar refractivity (Wildman–Crippen MR) is 184 cm³/mol. The van der Waals surface area contributed by atoms with Crippen molar-refractivity contribution in [3.8, 4) is 11.5 Å². The van der Waals surface area contributed by atoms with Crippen molar-refractivity contribution in [2.45, 2.75) is 40.5 Å². The van der Waals surface area contributed by atoms with E-state index in [-0.39, 0.29) is 32.3 Å². The van der Waals surface area contributed by atoms with Crippen molar-refractivity contribution < 1.29 is 43.3 Å². The van der Waals surface area contributed by atoms with E-state index in [1.807, 2.05) is 0 Å². The van der Waals surface area contributed by atoms with E-state index in [4.69, 9.17) is 15.9 Å². The molecule has 2 aliphatic rings. The fraction of sp³-hybridized carbons (Fsp3) is 0.222. The molecule has 0 radical (unpaired) electrons. The Bertz CT molecular complexity index is 1640.